The van der Waals surface area contributed by atoms with Crippen molar-refractivity contribution in [3.05, 3.63) is 0 Å². The average molecular weight is 304 g/mol. The minimum Gasteiger partial charge on any atom is -0.894 e. The largest absolute Gasteiger partial charge is 3.00 e. The summed E-state index contributed by atoms with van der Waals surface area (Å²) >= 11 is 0. The molecule has 43 valence electrons. The summed E-state index contributed by atoms with van der Waals surface area (Å²) in [4.78, 5) is 34.3. The maximum Gasteiger partial charge on any atom is 3.00 e. The van der Waals surface area contributed by atoms with Gasteiger partial charge in [0, 0.05) is 0 Å². The van der Waals surface area contributed by atoms with Crippen LogP contribution in [0.5, 0.6) is 0 Å². The van der Waals surface area contributed by atoms with Crippen LogP contribution in [0.15, 0.2) is 0 Å². The third-order valence-electron chi connectivity index (χ3n) is 0. The van der Waals surface area contributed by atoms with Crippen LogP contribution in [-0.4, -0.2) is 9.05 Å². The van der Waals surface area contributed by atoms with E-state index in [0.717, 1.165) is 0 Å². The van der Waals surface area contributed by atoms with Crippen LogP contribution in [0.3, 0.4) is 0 Å². The first-order chi connectivity index (χ1) is 2.00. The first-order valence-corrected chi connectivity index (χ1v) is 2.45. The zero-order valence-corrected chi connectivity index (χ0v) is 9.24. The SMILES string of the molecule is [K+].[O-][Si]([O-])([O-])[O-].[Yb+3]. The normalized spacial score (nSPS) is 8.57. The Balaban J connectivity index is -0.0000000800. The molecule has 0 aromatic rings. The molecule has 0 spiro atoms. The van der Waals surface area contributed by atoms with Gasteiger partial charge in [0.15, 0.2) is 0 Å². The minimum atomic E-state index is -5.61. The third-order valence-corrected chi connectivity index (χ3v) is 0. The predicted octanol–water partition coefficient (Wildman–Crippen LogP) is -8.13. The summed E-state index contributed by atoms with van der Waals surface area (Å²) in [6.07, 6.45) is 0. The van der Waals surface area contributed by atoms with Crippen LogP contribution in [0.2, 0.25) is 0 Å². The molecule has 0 N–H and O–H groups in total. The first-order valence-electron chi connectivity index (χ1n) is 0.816. The van der Waals surface area contributed by atoms with Crippen molar-refractivity contribution in [2.45, 2.75) is 0 Å². The van der Waals surface area contributed by atoms with Crippen LogP contribution in [0.1, 0.15) is 0 Å². The maximum absolute atomic E-state index is 8.58. The zero-order chi connectivity index (χ0) is 4.50. The summed E-state index contributed by atoms with van der Waals surface area (Å²) in [6, 6.07) is 0. The second-order valence-electron chi connectivity index (χ2n) is 0.500. The van der Waals surface area contributed by atoms with E-state index in [9.17, 15) is 0 Å². The Kier molecular flexibility index (Phi) is 17.4. The number of rotatable bonds is 0. The third kappa shape index (κ3) is 46.4. The van der Waals surface area contributed by atoms with Gasteiger partial charge in [0.1, 0.15) is 0 Å². The summed E-state index contributed by atoms with van der Waals surface area (Å²) in [5.41, 5.74) is 0. The molecule has 0 saturated heterocycles. The molecule has 0 aliphatic rings. The van der Waals surface area contributed by atoms with E-state index in [2.05, 4.69) is 0 Å². The molecule has 0 heterocycles. The van der Waals surface area contributed by atoms with Gasteiger partial charge in [-0.05, 0) is 0 Å². The smallest absolute Gasteiger partial charge is 0.894 e. The molecule has 0 aromatic carbocycles. The van der Waals surface area contributed by atoms with Crippen molar-refractivity contribution in [3.8, 4) is 0 Å². The van der Waals surface area contributed by atoms with Crippen LogP contribution in [-0.2, 0) is 0 Å². The van der Waals surface area contributed by atoms with Crippen molar-refractivity contribution in [2.75, 3.05) is 0 Å². The van der Waals surface area contributed by atoms with E-state index < -0.39 is 9.05 Å². The van der Waals surface area contributed by atoms with E-state index in [0.29, 0.717) is 0 Å². The fourth-order valence-electron chi connectivity index (χ4n) is 0. The fraction of sp³-hybridized carbons (Fsp3) is 0. The molecule has 0 unspecified atom stereocenters. The van der Waals surface area contributed by atoms with Crippen molar-refractivity contribution in [1.82, 2.24) is 0 Å². The van der Waals surface area contributed by atoms with Gasteiger partial charge in [0.25, 0.3) is 0 Å². The maximum atomic E-state index is 8.58. The standard InChI is InChI=1S/K.O4Si.Yb/c;1-5(2,3)4;/q+1;-4;+3. The second kappa shape index (κ2) is 7.32. The summed E-state index contributed by atoms with van der Waals surface area (Å²) in [7, 11) is -5.61. The molecule has 7 heteroatoms. The van der Waals surface area contributed by atoms with E-state index in [-0.39, 0.29) is 98.3 Å². The Morgan fingerprint density at radius 2 is 0.857 bits per heavy atom. The minimum absolute atomic E-state index is 0. The summed E-state index contributed by atoms with van der Waals surface area (Å²) in [5, 5.41) is 0. The van der Waals surface area contributed by atoms with E-state index >= 15 is 0 Å². The van der Waals surface area contributed by atoms with E-state index in [1.165, 1.54) is 0 Å². The Morgan fingerprint density at radius 1 is 0.857 bits per heavy atom. The zero-order valence-electron chi connectivity index (χ0n) is 3.40. The molecule has 0 atom stereocenters. The Bertz CT molecular complexity index is 27.2. The van der Waals surface area contributed by atoms with Gasteiger partial charge in [-0.2, -0.15) is 0 Å². The molecule has 0 fully saturated rings. The Hall–Kier alpha value is 3.21. The van der Waals surface area contributed by atoms with Crippen LogP contribution < -0.4 is 70.6 Å². The molecule has 0 rings (SSSR count). The molecule has 0 aromatic heterocycles. The Labute approximate surface area is 123 Å². The molecular formula is KO4SiYb. The summed E-state index contributed by atoms with van der Waals surface area (Å²) in [5.74, 6) is 0. The van der Waals surface area contributed by atoms with Gasteiger partial charge in [-0.15, -0.1) is 0 Å². The predicted molar refractivity (Wildman–Crippen MR) is 5.75 cm³/mol. The van der Waals surface area contributed by atoms with E-state index in [1.54, 1.807) is 0 Å². The van der Waals surface area contributed by atoms with Crippen molar-refractivity contribution in [1.29, 1.82) is 0 Å². The van der Waals surface area contributed by atoms with E-state index in [1.807, 2.05) is 0 Å². The van der Waals surface area contributed by atoms with Gasteiger partial charge in [-0.3, -0.25) is 0 Å². The van der Waals surface area contributed by atoms with Gasteiger partial charge in [-0.1, -0.05) is 0 Å². The van der Waals surface area contributed by atoms with Crippen LogP contribution in [0, 0.1) is 46.9 Å². The van der Waals surface area contributed by atoms with Crippen LogP contribution in [0.4, 0.5) is 0 Å². The fourth-order valence-corrected chi connectivity index (χ4v) is 0. The van der Waals surface area contributed by atoms with Gasteiger partial charge in [0.05, 0.1) is 0 Å². The molecule has 0 bridgehead atoms. The molecule has 0 amide bonds. The van der Waals surface area contributed by atoms with Crippen LogP contribution in [0.25, 0.3) is 0 Å². The van der Waals surface area contributed by atoms with E-state index in [4.69, 9.17) is 19.2 Å². The second-order valence-corrected chi connectivity index (χ2v) is 1.50. The molecule has 4 nitrogen and oxygen atoms in total. The first kappa shape index (κ1) is 16.7. The summed E-state index contributed by atoms with van der Waals surface area (Å²) in [6.45, 7) is 0. The van der Waals surface area contributed by atoms with Gasteiger partial charge in [0.2, 0.25) is 0 Å². The molecule has 0 aliphatic heterocycles. The molecule has 0 saturated carbocycles. The topological polar surface area (TPSA) is 92.2 Å². The molecule has 7 heavy (non-hydrogen) atoms. The quantitative estimate of drug-likeness (QED) is 0.416. The number of hydrogen-bond donors (Lipinski definition) is 0. The van der Waals surface area contributed by atoms with Crippen molar-refractivity contribution >= 4 is 9.05 Å². The van der Waals surface area contributed by atoms with Crippen LogP contribution >= 0.6 is 0 Å². The summed E-state index contributed by atoms with van der Waals surface area (Å²) < 4.78 is 0. The van der Waals surface area contributed by atoms with Gasteiger partial charge in [-0.25, -0.2) is 0 Å². The van der Waals surface area contributed by atoms with Gasteiger partial charge < -0.3 is 28.2 Å². The van der Waals surface area contributed by atoms with Crippen molar-refractivity contribution in [3.63, 3.8) is 0 Å². The number of hydrogen-bond acceptors (Lipinski definition) is 4. The van der Waals surface area contributed by atoms with Gasteiger partial charge >= 0.3 is 98.3 Å². The molecule has 0 aliphatic carbocycles. The van der Waals surface area contributed by atoms with Crippen molar-refractivity contribution < 1.29 is 117 Å². The van der Waals surface area contributed by atoms with Crippen molar-refractivity contribution in [2.24, 2.45) is 0 Å². The Morgan fingerprint density at radius 3 is 0.857 bits per heavy atom. The molecule has 1 radical (unpaired) electrons. The molecular weight excluding hydrogens is 304 g/mol. The monoisotopic (exact) mass is 305 g/mol. The average Bonchev–Trinajstić information content (AvgIpc) is 0.722.